The molecule has 1 aromatic heterocycles. The average molecular weight is 490 g/mol. The molecule has 10 heteroatoms. The number of halogens is 2. The number of nitrogens with one attached hydrogen (secondary N) is 3. The van der Waals surface area contributed by atoms with Crippen LogP contribution in [0, 0.1) is 11.6 Å². The number of aryl methyl sites for hydroxylation is 1. The standard InChI is InChI=1S/C25H33F2N5O3/c1-2-4-22(30-18-7-6-16-9-17(26)10-21(27)20(16)11-18)25(34)31-23-13-32(15-29-23)14-24(33)28-12-19-5-3-8-35-19/h9-10,13,15,18-19,22,30H,2-8,11-12,14H2,1H3,(H,28,33)(H,31,34)/t18-,19+,22-/m0/s1. The van der Waals surface area contributed by atoms with Crippen LogP contribution < -0.4 is 16.0 Å². The molecule has 1 aliphatic carbocycles. The molecule has 0 saturated carbocycles. The predicted octanol–water partition coefficient (Wildman–Crippen LogP) is 2.71. The maximum atomic E-state index is 14.3. The third kappa shape index (κ3) is 6.85. The summed E-state index contributed by atoms with van der Waals surface area (Å²) in [6.07, 6.45) is 8.22. The fourth-order valence-electron chi connectivity index (χ4n) is 4.77. The lowest BCUT2D eigenvalue weighted by Gasteiger charge is -2.29. The number of carbonyl (C=O) groups is 2. The zero-order chi connectivity index (χ0) is 24.8. The van der Waals surface area contributed by atoms with Gasteiger partial charge in [-0.25, -0.2) is 13.8 Å². The average Bonchev–Trinajstić information content (AvgIpc) is 3.50. The number of amides is 2. The van der Waals surface area contributed by atoms with Crippen molar-refractivity contribution in [1.82, 2.24) is 20.2 Å². The van der Waals surface area contributed by atoms with E-state index in [9.17, 15) is 18.4 Å². The number of anilines is 1. The Morgan fingerprint density at radius 2 is 2.14 bits per heavy atom. The summed E-state index contributed by atoms with van der Waals surface area (Å²) in [6, 6.07) is 1.74. The second-order valence-electron chi connectivity index (χ2n) is 9.33. The van der Waals surface area contributed by atoms with E-state index < -0.39 is 17.7 Å². The highest BCUT2D eigenvalue weighted by atomic mass is 19.1. The molecule has 35 heavy (non-hydrogen) atoms. The Morgan fingerprint density at radius 1 is 1.29 bits per heavy atom. The first kappa shape index (κ1) is 25.2. The molecule has 3 N–H and O–H groups in total. The number of fused-ring (bicyclic) bond motifs is 1. The third-order valence-corrected chi connectivity index (χ3v) is 6.56. The lowest BCUT2D eigenvalue weighted by atomic mass is 9.87. The van der Waals surface area contributed by atoms with E-state index >= 15 is 0 Å². The summed E-state index contributed by atoms with van der Waals surface area (Å²) in [5.41, 5.74) is 1.21. The third-order valence-electron chi connectivity index (χ3n) is 6.56. The van der Waals surface area contributed by atoms with Gasteiger partial charge in [0, 0.05) is 31.5 Å². The monoisotopic (exact) mass is 489 g/mol. The van der Waals surface area contributed by atoms with Gasteiger partial charge in [-0.05, 0) is 55.7 Å². The number of hydrogen-bond acceptors (Lipinski definition) is 5. The van der Waals surface area contributed by atoms with Crippen molar-refractivity contribution in [2.45, 2.75) is 76.6 Å². The van der Waals surface area contributed by atoms with Gasteiger partial charge in [0.25, 0.3) is 0 Å². The van der Waals surface area contributed by atoms with Crippen LogP contribution in [0.15, 0.2) is 24.7 Å². The first-order valence-electron chi connectivity index (χ1n) is 12.3. The molecule has 0 bridgehead atoms. The zero-order valence-corrected chi connectivity index (χ0v) is 20.0. The molecule has 2 heterocycles. The summed E-state index contributed by atoms with van der Waals surface area (Å²) in [7, 11) is 0. The first-order chi connectivity index (χ1) is 16.9. The van der Waals surface area contributed by atoms with E-state index in [1.807, 2.05) is 6.92 Å². The van der Waals surface area contributed by atoms with Crippen molar-refractivity contribution in [2.75, 3.05) is 18.5 Å². The molecule has 1 aromatic carbocycles. The maximum absolute atomic E-state index is 14.3. The Balaban J connectivity index is 1.29. The SMILES string of the molecule is CCC[C@H](N[C@H]1CCc2cc(F)cc(F)c2C1)C(=O)Nc1cn(CC(=O)NC[C@H]2CCCO2)cn1. The summed E-state index contributed by atoms with van der Waals surface area (Å²) in [5.74, 6) is -1.11. The minimum absolute atomic E-state index is 0.0786. The fraction of sp³-hybridized carbons (Fsp3) is 0.560. The Hall–Kier alpha value is -2.85. The van der Waals surface area contributed by atoms with Crippen molar-refractivity contribution in [3.63, 3.8) is 0 Å². The smallest absolute Gasteiger partial charge is 0.242 e. The number of nitrogens with zero attached hydrogens (tertiary/aromatic N) is 2. The summed E-state index contributed by atoms with van der Waals surface area (Å²) in [6.45, 7) is 3.32. The van der Waals surface area contributed by atoms with Gasteiger partial charge in [-0.2, -0.15) is 0 Å². The van der Waals surface area contributed by atoms with Crippen molar-refractivity contribution < 1.29 is 23.1 Å². The molecular formula is C25H33F2N5O3. The Morgan fingerprint density at radius 3 is 2.91 bits per heavy atom. The second-order valence-corrected chi connectivity index (χ2v) is 9.33. The van der Waals surface area contributed by atoms with E-state index in [1.165, 1.54) is 12.4 Å². The number of ether oxygens (including phenoxy) is 1. The number of benzene rings is 1. The van der Waals surface area contributed by atoms with Crippen LogP contribution in [0.3, 0.4) is 0 Å². The molecule has 1 aliphatic heterocycles. The van der Waals surface area contributed by atoms with Crippen molar-refractivity contribution in [3.05, 3.63) is 47.4 Å². The van der Waals surface area contributed by atoms with Crippen LogP contribution in [0.5, 0.6) is 0 Å². The van der Waals surface area contributed by atoms with Gasteiger partial charge in [0.05, 0.1) is 18.5 Å². The van der Waals surface area contributed by atoms with Crippen molar-refractivity contribution in [3.8, 4) is 0 Å². The molecule has 0 spiro atoms. The second kappa shape index (κ2) is 11.7. The Kier molecular flexibility index (Phi) is 8.46. The van der Waals surface area contributed by atoms with Crippen LogP contribution in [0.2, 0.25) is 0 Å². The van der Waals surface area contributed by atoms with E-state index in [2.05, 4.69) is 20.9 Å². The first-order valence-corrected chi connectivity index (χ1v) is 12.3. The molecule has 2 amide bonds. The van der Waals surface area contributed by atoms with Crippen LogP contribution in [0.25, 0.3) is 0 Å². The Bertz CT molecular complexity index is 1040. The van der Waals surface area contributed by atoms with Gasteiger partial charge in [-0.1, -0.05) is 13.3 Å². The van der Waals surface area contributed by atoms with Crippen LogP contribution in [0.4, 0.5) is 14.6 Å². The molecule has 8 nitrogen and oxygen atoms in total. The Labute approximate surface area is 203 Å². The van der Waals surface area contributed by atoms with Gasteiger partial charge in [0.1, 0.15) is 18.2 Å². The number of rotatable bonds is 10. The molecular weight excluding hydrogens is 456 g/mol. The van der Waals surface area contributed by atoms with Crippen LogP contribution >= 0.6 is 0 Å². The van der Waals surface area contributed by atoms with Crippen LogP contribution in [0.1, 0.15) is 50.2 Å². The van der Waals surface area contributed by atoms with Gasteiger partial charge >= 0.3 is 0 Å². The van der Waals surface area contributed by atoms with Crippen molar-refractivity contribution in [2.24, 2.45) is 0 Å². The summed E-state index contributed by atoms with van der Waals surface area (Å²) in [4.78, 5) is 29.4. The highest BCUT2D eigenvalue weighted by molar-refractivity contribution is 5.94. The molecule has 4 rings (SSSR count). The number of hydrogen-bond donors (Lipinski definition) is 3. The minimum Gasteiger partial charge on any atom is -0.376 e. The fourth-order valence-corrected chi connectivity index (χ4v) is 4.77. The lowest BCUT2D eigenvalue weighted by molar-refractivity contribution is -0.122. The highest BCUT2D eigenvalue weighted by Crippen LogP contribution is 2.26. The van der Waals surface area contributed by atoms with E-state index in [0.29, 0.717) is 49.2 Å². The van der Waals surface area contributed by atoms with Crippen LogP contribution in [-0.2, 0) is 33.7 Å². The van der Waals surface area contributed by atoms with E-state index in [4.69, 9.17) is 4.74 Å². The van der Waals surface area contributed by atoms with Gasteiger partial charge in [0.15, 0.2) is 5.82 Å². The molecule has 0 radical (unpaired) electrons. The topological polar surface area (TPSA) is 97.3 Å². The predicted molar refractivity (Wildman–Crippen MR) is 127 cm³/mol. The molecule has 1 fully saturated rings. The van der Waals surface area contributed by atoms with E-state index in [1.54, 1.807) is 10.8 Å². The summed E-state index contributed by atoms with van der Waals surface area (Å²) >= 11 is 0. The van der Waals surface area contributed by atoms with Crippen molar-refractivity contribution >= 4 is 17.6 Å². The largest absolute Gasteiger partial charge is 0.376 e. The normalized spacial score (nSPS) is 20.3. The molecule has 3 atom stereocenters. The zero-order valence-electron chi connectivity index (χ0n) is 20.0. The van der Waals surface area contributed by atoms with Gasteiger partial charge in [0.2, 0.25) is 11.8 Å². The molecule has 2 aliphatic rings. The number of aromatic nitrogens is 2. The minimum atomic E-state index is -0.560. The van der Waals surface area contributed by atoms with Crippen molar-refractivity contribution in [1.29, 1.82) is 0 Å². The summed E-state index contributed by atoms with van der Waals surface area (Å²) in [5, 5.41) is 9.04. The molecule has 2 aromatic rings. The number of carbonyl (C=O) groups excluding carboxylic acids is 2. The molecule has 0 unspecified atom stereocenters. The van der Waals surface area contributed by atoms with Gasteiger partial charge in [-0.15, -0.1) is 0 Å². The van der Waals surface area contributed by atoms with Gasteiger partial charge < -0.3 is 25.3 Å². The highest BCUT2D eigenvalue weighted by Gasteiger charge is 2.27. The van der Waals surface area contributed by atoms with E-state index in [0.717, 1.165) is 31.9 Å². The van der Waals surface area contributed by atoms with Gasteiger partial charge in [-0.3, -0.25) is 9.59 Å². The van der Waals surface area contributed by atoms with E-state index in [-0.39, 0.29) is 30.5 Å². The molecule has 190 valence electrons. The quantitative estimate of drug-likeness (QED) is 0.477. The lowest BCUT2D eigenvalue weighted by Crippen LogP contribution is -2.48. The maximum Gasteiger partial charge on any atom is 0.242 e. The number of imidazole rings is 1. The van der Waals surface area contributed by atoms with Crippen LogP contribution in [-0.4, -0.2) is 52.7 Å². The molecule has 1 saturated heterocycles. The summed E-state index contributed by atoms with van der Waals surface area (Å²) < 4.78 is 34.9.